The van der Waals surface area contributed by atoms with Gasteiger partial charge < -0.3 is 4.55 Å². The Morgan fingerprint density at radius 3 is 1.80 bits per heavy atom. The van der Waals surface area contributed by atoms with Crippen LogP contribution in [0, 0.1) is 28.4 Å². The van der Waals surface area contributed by atoms with Crippen molar-refractivity contribution < 1.29 is 26.5 Å². The molecular weight excluding hydrogens is 429 g/mol. The molecule has 162 valence electrons. The largest absolute Gasteiger partial charge is 0.748 e. The number of hydrogen-bond acceptors (Lipinski definition) is 4. The lowest BCUT2D eigenvalue weighted by atomic mass is 9.70. The van der Waals surface area contributed by atoms with Crippen LogP contribution in [0.4, 0.5) is 8.78 Å². The highest BCUT2D eigenvalue weighted by atomic mass is 32.2. The summed E-state index contributed by atoms with van der Waals surface area (Å²) >= 11 is 0. The molecule has 0 amide bonds. The second kappa shape index (κ2) is 8.45. The number of carbonyl (C=O) groups is 1. The lowest BCUT2D eigenvalue weighted by molar-refractivity contribution is -0.128. The molecule has 2 aliphatic carbocycles. The summed E-state index contributed by atoms with van der Waals surface area (Å²) in [5.41, 5.74) is -1.22. The molecule has 4 rings (SSSR count). The summed E-state index contributed by atoms with van der Waals surface area (Å²) in [6, 6.07) is 12.9. The first kappa shape index (κ1) is 23.0. The Bertz CT molecular complexity index is 977. The van der Waals surface area contributed by atoms with Crippen LogP contribution in [0.5, 0.6) is 0 Å². The number of hydrogen-bond donors (Lipinski definition) is 0. The fraction of sp³-hybridized carbons (Fsp3) is 0.409. The molecule has 30 heavy (non-hydrogen) atoms. The minimum absolute atomic E-state index is 0.0248. The van der Waals surface area contributed by atoms with Gasteiger partial charge >= 0.3 is 0 Å². The normalized spacial score (nSPS) is 24.4. The van der Waals surface area contributed by atoms with Crippen LogP contribution in [0.15, 0.2) is 48.5 Å². The SMILES string of the molecule is CC1(C)C2CCC1(CS(=O)(=O)[O-])C(=O)C2.Fc1ccc([PH2+]c2ccc(F)cc2)cc1. The highest BCUT2D eigenvalue weighted by Gasteiger charge is 2.64. The van der Waals surface area contributed by atoms with Crippen molar-refractivity contribution in [1.82, 2.24) is 0 Å². The van der Waals surface area contributed by atoms with E-state index in [-0.39, 0.29) is 37.3 Å². The van der Waals surface area contributed by atoms with E-state index in [1.807, 2.05) is 13.8 Å². The number of halogens is 2. The van der Waals surface area contributed by atoms with Crippen molar-refractivity contribution in [2.24, 2.45) is 16.7 Å². The summed E-state index contributed by atoms with van der Waals surface area (Å²) < 4.78 is 58.0. The molecule has 2 bridgehead atoms. The monoisotopic (exact) mass is 454 g/mol. The van der Waals surface area contributed by atoms with Crippen LogP contribution < -0.4 is 10.6 Å². The molecule has 0 radical (unpaired) electrons. The molecule has 2 aromatic rings. The van der Waals surface area contributed by atoms with E-state index in [9.17, 15) is 26.5 Å². The molecule has 2 unspecified atom stereocenters. The highest BCUT2D eigenvalue weighted by molar-refractivity contribution is 7.85. The maximum absolute atomic E-state index is 12.6. The first-order valence-corrected chi connectivity index (χ1v) is 12.5. The predicted octanol–water partition coefficient (Wildman–Crippen LogP) is 3.25. The molecule has 2 fully saturated rings. The Morgan fingerprint density at radius 2 is 1.47 bits per heavy atom. The standard InChI is InChI=1S/C12H9F2P.C10H16O4S/c13-9-1-5-11(6-2-9)15-12-7-3-10(14)4-8-12;1-9(2)7-3-4-10(9,8(11)5-7)6-15(12,13)14/h1-8,15H;7H,3-6H2,1-2H3,(H,12,13,14). The van der Waals surface area contributed by atoms with Crippen molar-refractivity contribution in [3.8, 4) is 0 Å². The van der Waals surface area contributed by atoms with Gasteiger partial charge in [-0.25, -0.2) is 17.2 Å². The van der Waals surface area contributed by atoms with E-state index >= 15 is 0 Å². The first-order valence-electron chi connectivity index (χ1n) is 9.76. The number of fused-ring (bicyclic) bond motifs is 2. The summed E-state index contributed by atoms with van der Waals surface area (Å²) in [7, 11) is -4.41. The zero-order valence-corrected chi connectivity index (χ0v) is 18.9. The number of rotatable bonds is 4. The number of benzene rings is 2. The van der Waals surface area contributed by atoms with Crippen molar-refractivity contribution in [2.45, 2.75) is 33.1 Å². The Hall–Kier alpha value is -1.69. The van der Waals surface area contributed by atoms with Gasteiger partial charge in [0.25, 0.3) is 0 Å². The third kappa shape index (κ3) is 4.79. The number of Topliss-reactive ketones (excluding diaryl/α,β-unsaturated/α-hetero) is 1. The van der Waals surface area contributed by atoms with Gasteiger partial charge in [-0.15, -0.1) is 0 Å². The van der Waals surface area contributed by atoms with E-state index in [2.05, 4.69) is 0 Å². The van der Waals surface area contributed by atoms with Gasteiger partial charge in [-0.2, -0.15) is 0 Å². The van der Waals surface area contributed by atoms with E-state index in [4.69, 9.17) is 0 Å². The predicted molar refractivity (Wildman–Crippen MR) is 115 cm³/mol. The van der Waals surface area contributed by atoms with Crippen LogP contribution in [0.2, 0.25) is 0 Å². The van der Waals surface area contributed by atoms with Gasteiger partial charge in [0, 0.05) is 11.8 Å². The van der Waals surface area contributed by atoms with E-state index in [1.54, 1.807) is 24.3 Å². The Kier molecular flexibility index (Phi) is 6.47. The van der Waals surface area contributed by atoms with Gasteiger partial charge in [0.15, 0.2) is 0 Å². The van der Waals surface area contributed by atoms with Gasteiger partial charge in [-0.3, -0.25) is 4.79 Å². The molecule has 0 aliphatic heterocycles. The third-order valence-electron chi connectivity index (χ3n) is 6.64. The minimum Gasteiger partial charge on any atom is -0.748 e. The fourth-order valence-electron chi connectivity index (χ4n) is 4.72. The minimum atomic E-state index is -4.33. The zero-order valence-electron chi connectivity index (χ0n) is 16.9. The van der Waals surface area contributed by atoms with Crippen LogP contribution >= 0.6 is 8.58 Å². The Morgan fingerprint density at radius 1 is 1.00 bits per heavy atom. The molecule has 0 saturated heterocycles. The quantitative estimate of drug-likeness (QED) is 0.525. The molecule has 0 N–H and O–H groups in total. The van der Waals surface area contributed by atoms with Crippen LogP contribution in [0.3, 0.4) is 0 Å². The molecule has 0 heterocycles. The molecular formula is C22H25F2O4PS. The molecule has 2 aromatic carbocycles. The summed E-state index contributed by atoms with van der Waals surface area (Å²) in [4.78, 5) is 11.8. The van der Waals surface area contributed by atoms with Crippen LogP contribution in [0.1, 0.15) is 33.1 Å². The van der Waals surface area contributed by atoms with Crippen molar-refractivity contribution in [1.29, 1.82) is 0 Å². The molecule has 0 aromatic heterocycles. The average Bonchev–Trinajstić information content (AvgIpc) is 2.99. The summed E-state index contributed by atoms with van der Waals surface area (Å²) in [5, 5.41) is 2.20. The number of ketones is 1. The number of carbonyl (C=O) groups excluding carboxylic acids is 1. The fourth-order valence-corrected chi connectivity index (χ4v) is 7.16. The third-order valence-corrected chi connectivity index (χ3v) is 8.92. The van der Waals surface area contributed by atoms with Crippen LogP contribution in [0.25, 0.3) is 0 Å². The highest BCUT2D eigenvalue weighted by Crippen LogP contribution is 2.64. The second-order valence-electron chi connectivity index (χ2n) is 8.62. The lowest BCUT2D eigenvalue weighted by Crippen LogP contribution is -2.42. The van der Waals surface area contributed by atoms with E-state index in [1.165, 1.54) is 24.3 Å². The van der Waals surface area contributed by atoms with Gasteiger partial charge in [0.05, 0.1) is 35.1 Å². The second-order valence-corrected chi connectivity index (χ2v) is 11.6. The topological polar surface area (TPSA) is 74.3 Å². The Labute approximate surface area is 177 Å². The van der Waals surface area contributed by atoms with Gasteiger partial charge in [-0.1, -0.05) is 13.8 Å². The van der Waals surface area contributed by atoms with Gasteiger partial charge in [-0.05, 0) is 72.7 Å². The summed E-state index contributed by atoms with van der Waals surface area (Å²) in [6.45, 7) is 3.83. The van der Waals surface area contributed by atoms with Crippen molar-refractivity contribution in [3.05, 3.63) is 60.2 Å². The molecule has 4 nitrogen and oxygen atoms in total. The lowest BCUT2D eigenvalue weighted by Gasteiger charge is -2.37. The van der Waals surface area contributed by atoms with Crippen molar-refractivity contribution in [3.63, 3.8) is 0 Å². The maximum atomic E-state index is 12.6. The van der Waals surface area contributed by atoms with Crippen LogP contribution in [-0.4, -0.2) is 24.5 Å². The van der Waals surface area contributed by atoms with Crippen LogP contribution in [-0.2, 0) is 14.9 Å². The molecule has 2 saturated carbocycles. The summed E-state index contributed by atoms with van der Waals surface area (Å²) in [5.74, 6) is -0.730. The molecule has 8 heteroatoms. The summed E-state index contributed by atoms with van der Waals surface area (Å²) in [6.07, 6.45) is 1.88. The van der Waals surface area contributed by atoms with E-state index in [0.717, 1.165) is 17.0 Å². The van der Waals surface area contributed by atoms with E-state index in [0.29, 0.717) is 12.8 Å². The maximum Gasteiger partial charge on any atom is 0.140 e. The zero-order chi connectivity index (χ0) is 22.2. The molecule has 2 aliphatic rings. The smallest absolute Gasteiger partial charge is 0.140 e. The average molecular weight is 454 g/mol. The van der Waals surface area contributed by atoms with Crippen molar-refractivity contribution in [2.75, 3.05) is 5.75 Å². The van der Waals surface area contributed by atoms with Gasteiger partial charge in [0.1, 0.15) is 17.4 Å². The molecule has 0 spiro atoms. The van der Waals surface area contributed by atoms with Crippen molar-refractivity contribution >= 4 is 35.1 Å². The molecule has 2 atom stereocenters. The first-order chi connectivity index (χ1) is 13.9. The van der Waals surface area contributed by atoms with E-state index < -0.39 is 21.3 Å². The van der Waals surface area contributed by atoms with Gasteiger partial charge in [0.2, 0.25) is 0 Å². The Balaban J connectivity index is 0.000000171.